The summed E-state index contributed by atoms with van der Waals surface area (Å²) in [4.78, 5) is 27.4. The Bertz CT molecular complexity index is 1450. The summed E-state index contributed by atoms with van der Waals surface area (Å²) in [5, 5.41) is 5.98. The number of halogens is 1. The van der Waals surface area contributed by atoms with Crippen molar-refractivity contribution in [2.24, 2.45) is 5.18 Å². The summed E-state index contributed by atoms with van der Waals surface area (Å²) in [5.41, 5.74) is 5.81. The molecule has 41 heavy (non-hydrogen) atoms. The van der Waals surface area contributed by atoms with E-state index in [1.165, 1.54) is 0 Å². The zero-order valence-corrected chi connectivity index (χ0v) is 24.6. The maximum atomic E-state index is 12.3. The molecule has 0 aliphatic rings. The Labute approximate surface area is 248 Å². The van der Waals surface area contributed by atoms with Crippen LogP contribution in [0.2, 0.25) is 0 Å². The van der Waals surface area contributed by atoms with Crippen LogP contribution in [0.3, 0.4) is 0 Å². The number of benzene rings is 3. The minimum Gasteiger partial charge on any atom is -0.488 e. The summed E-state index contributed by atoms with van der Waals surface area (Å²) in [6.45, 7) is 4.55. The van der Waals surface area contributed by atoms with E-state index in [1.807, 2.05) is 61.5 Å². The number of aromatic nitrogens is 1. The molecule has 8 nitrogen and oxygen atoms in total. The van der Waals surface area contributed by atoms with Crippen LogP contribution in [0, 0.1) is 11.8 Å². The first-order valence-corrected chi connectivity index (χ1v) is 14.1. The maximum absolute atomic E-state index is 12.3. The van der Waals surface area contributed by atoms with E-state index in [2.05, 4.69) is 49.6 Å². The van der Waals surface area contributed by atoms with Crippen molar-refractivity contribution < 1.29 is 19.0 Å². The Hall–Kier alpha value is -4.08. The smallest absolute Gasteiger partial charge is 0.325 e. The molecule has 0 bridgehead atoms. The SMILES string of the molecule is CCOC(=O)C(CN=O)NCc1cc(C)c(OCc2cccc(-c3ccccc3)c2Br)cc1OCc1cccnc1. The molecular weight excluding hydrogens is 586 g/mol. The van der Waals surface area contributed by atoms with Crippen LogP contribution in [-0.2, 0) is 29.3 Å². The van der Waals surface area contributed by atoms with E-state index in [1.54, 1.807) is 19.3 Å². The van der Waals surface area contributed by atoms with Crippen molar-refractivity contribution in [1.82, 2.24) is 10.3 Å². The van der Waals surface area contributed by atoms with Gasteiger partial charge in [0.2, 0.25) is 0 Å². The number of nitrogens with zero attached hydrogens (tertiary/aromatic N) is 2. The number of hydrogen-bond acceptors (Lipinski definition) is 8. The van der Waals surface area contributed by atoms with Crippen molar-refractivity contribution in [3.63, 3.8) is 0 Å². The highest BCUT2D eigenvalue weighted by Gasteiger charge is 2.21. The van der Waals surface area contributed by atoms with Crippen molar-refractivity contribution in [3.8, 4) is 22.6 Å². The molecule has 1 heterocycles. The zero-order chi connectivity index (χ0) is 29.0. The van der Waals surface area contributed by atoms with Crippen molar-refractivity contribution in [2.45, 2.75) is 39.6 Å². The number of esters is 1. The number of ether oxygens (including phenoxy) is 3. The summed E-state index contributed by atoms with van der Waals surface area (Å²) < 4.78 is 18.6. The second-order valence-corrected chi connectivity index (χ2v) is 10.1. The average Bonchev–Trinajstić information content (AvgIpc) is 2.99. The third-order valence-electron chi connectivity index (χ3n) is 6.39. The van der Waals surface area contributed by atoms with Crippen LogP contribution in [0.25, 0.3) is 11.1 Å². The minimum absolute atomic E-state index is 0.213. The van der Waals surface area contributed by atoms with E-state index in [4.69, 9.17) is 14.2 Å². The standard InChI is InChI=1S/C32H32BrN3O5/c1-3-39-32(37)28(19-36-38)35-18-26-15-22(2)29(16-30(26)40-20-23-9-8-14-34-17-23)41-21-25-12-7-13-27(31(25)33)24-10-5-4-6-11-24/h4-17,28,35H,3,18-21H2,1-2H3. The lowest BCUT2D eigenvalue weighted by Gasteiger charge is -2.19. The number of aryl methyl sites for hydroxylation is 1. The first kappa shape index (κ1) is 29.9. The van der Waals surface area contributed by atoms with Crippen LogP contribution in [0.1, 0.15) is 29.2 Å². The molecule has 4 aromatic rings. The zero-order valence-electron chi connectivity index (χ0n) is 23.0. The maximum Gasteiger partial charge on any atom is 0.325 e. The van der Waals surface area contributed by atoms with E-state index in [-0.39, 0.29) is 19.7 Å². The highest BCUT2D eigenvalue weighted by molar-refractivity contribution is 9.10. The average molecular weight is 619 g/mol. The van der Waals surface area contributed by atoms with Crippen molar-refractivity contribution in [3.05, 3.63) is 117 Å². The predicted octanol–water partition coefficient (Wildman–Crippen LogP) is 6.77. The molecular formula is C32H32BrN3O5. The number of rotatable bonds is 14. The van der Waals surface area contributed by atoms with Gasteiger partial charge in [0, 0.05) is 46.2 Å². The van der Waals surface area contributed by atoms with Crippen LogP contribution in [0.5, 0.6) is 11.5 Å². The van der Waals surface area contributed by atoms with E-state index < -0.39 is 12.0 Å². The molecule has 0 fully saturated rings. The summed E-state index contributed by atoms with van der Waals surface area (Å²) in [5.74, 6) is 0.731. The lowest BCUT2D eigenvalue weighted by atomic mass is 10.0. The minimum atomic E-state index is -0.857. The number of pyridine rings is 1. The first-order chi connectivity index (χ1) is 20.0. The normalized spacial score (nSPS) is 11.5. The summed E-state index contributed by atoms with van der Waals surface area (Å²) in [7, 11) is 0. The van der Waals surface area contributed by atoms with Gasteiger partial charge in [-0.15, -0.1) is 0 Å². The van der Waals surface area contributed by atoms with Gasteiger partial charge in [-0.25, -0.2) is 0 Å². The topological polar surface area (TPSA) is 99.1 Å². The third kappa shape index (κ3) is 8.22. The van der Waals surface area contributed by atoms with Gasteiger partial charge in [0.1, 0.15) is 37.3 Å². The molecule has 0 saturated heterocycles. The van der Waals surface area contributed by atoms with E-state index in [0.29, 0.717) is 24.7 Å². The fraction of sp³-hybridized carbons (Fsp3) is 0.250. The second-order valence-electron chi connectivity index (χ2n) is 9.31. The molecule has 0 amide bonds. The molecule has 3 aromatic carbocycles. The van der Waals surface area contributed by atoms with Gasteiger partial charge in [0.15, 0.2) is 0 Å². The monoisotopic (exact) mass is 617 g/mol. The highest BCUT2D eigenvalue weighted by Crippen LogP contribution is 2.34. The first-order valence-electron chi connectivity index (χ1n) is 13.3. The number of nitroso groups, excluding NO2 is 1. The molecule has 4 rings (SSSR count). The third-order valence-corrected chi connectivity index (χ3v) is 7.33. The van der Waals surface area contributed by atoms with Crippen LogP contribution >= 0.6 is 15.9 Å². The van der Waals surface area contributed by atoms with Gasteiger partial charge in [-0.3, -0.25) is 15.1 Å². The molecule has 1 N–H and O–H groups in total. The lowest BCUT2D eigenvalue weighted by molar-refractivity contribution is -0.145. The summed E-state index contributed by atoms with van der Waals surface area (Å²) in [6.07, 6.45) is 3.45. The summed E-state index contributed by atoms with van der Waals surface area (Å²) >= 11 is 3.77. The Kier molecular flexibility index (Phi) is 11.0. The molecule has 0 saturated carbocycles. The molecule has 1 aromatic heterocycles. The van der Waals surface area contributed by atoms with Gasteiger partial charge >= 0.3 is 5.97 Å². The Morgan fingerprint density at radius 3 is 2.51 bits per heavy atom. The molecule has 1 unspecified atom stereocenters. The fourth-order valence-electron chi connectivity index (χ4n) is 4.26. The van der Waals surface area contributed by atoms with Crippen LogP contribution < -0.4 is 14.8 Å². The van der Waals surface area contributed by atoms with Crippen molar-refractivity contribution in [1.29, 1.82) is 0 Å². The highest BCUT2D eigenvalue weighted by atomic mass is 79.9. The predicted molar refractivity (Wildman–Crippen MR) is 162 cm³/mol. The largest absolute Gasteiger partial charge is 0.488 e. The second kappa shape index (κ2) is 15.1. The molecule has 0 radical (unpaired) electrons. The quantitative estimate of drug-likeness (QED) is 0.123. The number of nitrogens with one attached hydrogen (secondary N) is 1. The Morgan fingerprint density at radius 1 is 0.976 bits per heavy atom. The molecule has 1 atom stereocenters. The molecule has 0 spiro atoms. The van der Waals surface area contributed by atoms with Gasteiger partial charge in [0.25, 0.3) is 0 Å². The van der Waals surface area contributed by atoms with Gasteiger partial charge in [-0.1, -0.05) is 59.8 Å². The van der Waals surface area contributed by atoms with Crippen molar-refractivity contribution in [2.75, 3.05) is 13.2 Å². The Morgan fingerprint density at radius 2 is 1.78 bits per heavy atom. The van der Waals surface area contributed by atoms with Gasteiger partial charge in [-0.2, -0.15) is 4.91 Å². The van der Waals surface area contributed by atoms with E-state index in [9.17, 15) is 9.70 Å². The molecule has 0 aliphatic carbocycles. The number of hydrogen-bond donors (Lipinski definition) is 1. The van der Waals surface area contributed by atoms with Gasteiger partial charge in [0.05, 0.1) is 6.61 Å². The number of carbonyl (C=O) groups is 1. The van der Waals surface area contributed by atoms with Gasteiger partial charge in [-0.05, 0) is 58.6 Å². The summed E-state index contributed by atoms with van der Waals surface area (Å²) in [6, 6.07) is 23.0. The van der Waals surface area contributed by atoms with Crippen LogP contribution in [0.4, 0.5) is 0 Å². The number of carbonyl (C=O) groups excluding carboxylic acids is 1. The lowest BCUT2D eigenvalue weighted by Crippen LogP contribution is -2.40. The molecule has 212 valence electrons. The van der Waals surface area contributed by atoms with Crippen LogP contribution in [-0.4, -0.2) is 30.1 Å². The van der Waals surface area contributed by atoms with E-state index in [0.717, 1.165) is 37.9 Å². The molecule has 0 aliphatic heterocycles. The Balaban J connectivity index is 1.56. The molecule has 9 heteroatoms. The van der Waals surface area contributed by atoms with Crippen LogP contribution in [0.15, 0.2) is 94.8 Å². The van der Waals surface area contributed by atoms with E-state index >= 15 is 0 Å². The van der Waals surface area contributed by atoms with Crippen molar-refractivity contribution >= 4 is 21.9 Å². The fourth-order valence-corrected chi connectivity index (χ4v) is 4.87. The van der Waals surface area contributed by atoms with Gasteiger partial charge < -0.3 is 14.2 Å².